The molecule has 0 bridgehead atoms. The number of amides is 1. The largest absolute Gasteiger partial charge is 0.465 e. The highest BCUT2D eigenvalue weighted by Gasteiger charge is 2.33. The SMILES string of the molecule is O=C(O)N(c1ccnn1-c1ccc(C(F)(F)F)cc1Cl)C1CCCO1. The van der Waals surface area contributed by atoms with Crippen LogP contribution in [0.1, 0.15) is 18.4 Å². The van der Waals surface area contributed by atoms with Crippen LogP contribution >= 0.6 is 11.6 Å². The topological polar surface area (TPSA) is 67.6 Å². The maximum atomic E-state index is 12.8. The molecule has 0 saturated carbocycles. The van der Waals surface area contributed by atoms with E-state index in [1.54, 1.807) is 0 Å². The van der Waals surface area contributed by atoms with Crippen LogP contribution in [0.15, 0.2) is 30.5 Å². The Balaban J connectivity index is 2.02. The van der Waals surface area contributed by atoms with Gasteiger partial charge in [-0.2, -0.15) is 18.3 Å². The molecule has 1 N–H and O–H groups in total. The average Bonchev–Trinajstić information content (AvgIpc) is 3.18. The monoisotopic (exact) mass is 375 g/mol. The molecule has 1 amide bonds. The van der Waals surface area contributed by atoms with Crippen molar-refractivity contribution >= 4 is 23.5 Å². The molecule has 1 fully saturated rings. The van der Waals surface area contributed by atoms with Crippen molar-refractivity contribution in [1.29, 1.82) is 0 Å². The molecule has 2 aromatic rings. The molecule has 25 heavy (non-hydrogen) atoms. The van der Waals surface area contributed by atoms with Crippen LogP contribution in [0.25, 0.3) is 5.69 Å². The first-order chi connectivity index (χ1) is 11.8. The number of carboxylic acid groups (broad SMARTS) is 1. The molecule has 0 spiro atoms. The Bertz CT molecular complexity index is 788. The summed E-state index contributed by atoms with van der Waals surface area (Å²) in [5.41, 5.74) is -0.761. The second kappa shape index (κ2) is 6.57. The Labute approximate surface area is 145 Å². The molecule has 3 rings (SSSR count). The second-order valence-corrected chi connectivity index (χ2v) is 5.79. The van der Waals surface area contributed by atoms with Crippen LogP contribution < -0.4 is 4.90 Å². The fourth-order valence-electron chi connectivity index (χ4n) is 2.65. The minimum Gasteiger partial charge on any atom is -0.465 e. The van der Waals surface area contributed by atoms with Crippen molar-refractivity contribution in [3.63, 3.8) is 0 Å². The minimum atomic E-state index is -4.53. The summed E-state index contributed by atoms with van der Waals surface area (Å²) in [6.07, 6.45) is -3.89. The van der Waals surface area contributed by atoms with Crippen molar-refractivity contribution in [3.05, 3.63) is 41.0 Å². The lowest BCUT2D eigenvalue weighted by Crippen LogP contribution is -2.40. The molecule has 134 valence electrons. The lowest BCUT2D eigenvalue weighted by molar-refractivity contribution is -0.137. The van der Waals surface area contributed by atoms with E-state index in [1.807, 2.05) is 0 Å². The first kappa shape index (κ1) is 17.6. The number of rotatable bonds is 3. The molecule has 2 heterocycles. The summed E-state index contributed by atoms with van der Waals surface area (Å²) in [4.78, 5) is 12.7. The first-order valence-corrected chi connectivity index (χ1v) is 7.72. The molecule has 1 aliphatic rings. The molecule has 10 heteroatoms. The highest BCUT2D eigenvalue weighted by atomic mass is 35.5. The Hall–Kier alpha value is -2.26. The van der Waals surface area contributed by atoms with Gasteiger partial charge in [-0.3, -0.25) is 0 Å². The second-order valence-electron chi connectivity index (χ2n) is 5.39. The lowest BCUT2D eigenvalue weighted by Gasteiger charge is -2.25. The highest BCUT2D eigenvalue weighted by molar-refractivity contribution is 6.32. The number of hydrogen-bond donors (Lipinski definition) is 1. The van der Waals surface area contributed by atoms with Crippen LogP contribution in [0.4, 0.5) is 23.8 Å². The normalized spacial score (nSPS) is 17.7. The minimum absolute atomic E-state index is 0.138. The van der Waals surface area contributed by atoms with Gasteiger partial charge in [0.25, 0.3) is 0 Å². The fourth-order valence-corrected chi connectivity index (χ4v) is 2.91. The zero-order chi connectivity index (χ0) is 18.2. The maximum absolute atomic E-state index is 12.8. The average molecular weight is 376 g/mol. The van der Waals surface area contributed by atoms with Gasteiger partial charge in [-0.25, -0.2) is 14.4 Å². The third kappa shape index (κ3) is 3.42. The van der Waals surface area contributed by atoms with Gasteiger partial charge in [-0.05, 0) is 31.0 Å². The number of anilines is 1. The number of carbonyl (C=O) groups is 1. The van der Waals surface area contributed by atoms with Gasteiger partial charge in [0.15, 0.2) is 0 Å². The zero-order valence-electron chi connectivity index (χ0n) is 12.7. The van der Waals surface area contributed by atoms with Gasteiger partial charge in [0, 0.05) is 12.7 Å². The van der Waals surface area contributed by atoms with E-state index in [-0.39, 0.29) is 16.5 Å². The Morgan fingerprint density at radius 2 is 2.16 bits per heavy atom. The van der Waals surface area contributed by atoms with E-state index in [0.717, 1.165) is 23.1 Å². The smallest absolute Gasteiger partial charge is 0.416 e. The van der Waals surface area contributed by atoms with E-state index in [1.165, 1.54) is 16.9 Å². The standard InChI is InChI=1S/C15H13ClF3N3O3/c16-10-8-9(15(17,18)19)3-4-11(10)22-12(5-6-20-22)21(14(23)24)13-2-1-7-25-13/h3-6,8,13H,1-2,7H2,(H,23,24). The number of halogens is 4. The van der Waals surface area contributed by atoms with Crippen molar-refractivity contribution in [2.24, 2.45) is 0 Å². The van der Waals surface area contributed by atoms with Gasteiger partial charge in [-0.15, -0.1) is 0 Å². The summed E-state index contributed by atoms with van der Waals surface area (Å²) in [6, 6.07) is 4.23. The molecule has 0 aliphatic carbocycles. The summed E-state index contributed by atoms with van der Waals surface area (Å²) < 4.78 is 44.9. The Morgan fingerprint density at radius 3 is 2.72 bits per heavy atom. The van der Waals surface area contributed by atoms with Gasteiger partial charge in [0.2, 0.25) is 0 Å². The summed E-state index contributed by atoms with van der Waals surface area (Å²) in [6.45, 7) is 0.434. The third-order valence-electron chi connectivity index (χ3n) is 3.77. The number of ether oxygens (including phenoxy) is 1. The quantitative estimate of drug-likeness (QED) is 0.874. The van der Waals surface area contributed by atoms with Crippen LogP contribution in [0.5, 0.6) is 0 Å². The molecule has 6 nitrogen and oxygen atoms in total. The summed E-state index contributed by atoms with van der Waals surface area (Å²) in [5.74, 6) is 0.140. The van der Waals surface area contributed by atoms with Crippen LogP contribution in [-0.4, -0.2) is 33.8 Å². The van der Waals surface area contributed by atoms with E-state index < -0.39 is 24.1 Å². The van der Waals surface area contributed by atoms with Crippen molar-refractivity contribution < 1.29 is 27.8 Å². The molecular weight excluding hydrogens is 363 g/mol. The van der Waals surface area contributed by atoms with E-state index in [2.05, 4.69) is 5.10 Å². The van der Waals surface area contributed by atoms with Crippen molar-refractivity contribution in [3.8, 4) is 5.69 Å². The van der Waals surface area contributed by atoms with Gasteiger partial charge in [0.05, 0.1) is 22.5 Å². The van der Waals surface area contributed by atoms with Crippen molar-refractivity contribution in [1.82, 2.24) is 9.78 Å². The number of aromatic nitrogens is 2. The molecule has 1 unspecified atom stereocenters. The maximum Gasteiger partial charge on any atom is 0.416 e. The van der Waals surface area contributed by atoms with Crippen LogP contribution in [0.3, 0.4) is 0 Å². The Morgan fingerprint density at radius 1 is 1.40 bits per heavy atom. The zero-order valence-corrected chi connectivity index (χ0v) is 13.5. The molecular formula is C15H13ClF3N3O3. The van der Waals surface area contributed by atoms with Crippen molar-refractivity contribution in [2.45, 2.75) is 25.2 Å². The van der Waals surface area contributed by atoms with Gasteiger partial charge < -0.3 is 9.84 Å². The van der Waals surface area contributed by atoms with Gasteiger partial charge in [-0.1, -0.05) is 11.6 Å². The van der Waals surface area contributed by atoms with Crippen LogP contribution in [0, 0.1) is 0 Å². The van der Waals surface area contributed by atoms with Crippen LogP contribution in [-0.2, 0) is 10.9 Å². The summed E-state index contributed by atoms with van der Waals surface area (Å²) in [5, 5.41) is 13.3. The molecule has 1 aromatic heterocycles. The Kier molecular flexibility index (Phi) is 4.61. The van der Waals surface area contributed by atoms with E-state index in [4.69, 9.17) is 16.3 Å². The lowest BCUT2D eigenvalue weighted by atomic mass is 10.2. The van der Waals surface area contributed by atoms with Gasteiger partial charge in [0.1, 0.15) is 12.0 Å². The number of benzene rings is 1. The number of nitrogens with zero attached hydrogens (tertiary/aromatic N) is 3. The number of alkyl halides is 3. The van der Waals surface area contributed by atoms with Crippen LogP contribution in [0.2, 0.25) is 5.02 Å². The highest BCUT2D eigenvalue weighted by Crippen LogP contribution is 2.34. The molecule has 1 aliphatic heterocycles. The number of hydrogen-bond acceptors (Lipinski definition) is 3. The predicted octanol–water partition coefficient (Wildman–Crippen LogP) is 4.17. The summed E-state index contributed by atoms with van der Waals surface area (Å²) >= 11 is 5.98. The molecule has 0 radical (unpaired) electrons. The predicted molar refractivity (Wildman–Crippen MR) is 83.1 cm³/mol. The third-order valence-corrected chi connectivity index (χ3v) is 4.08. The van der Waals surface area contributed by atoms with E-state index >= 15 is 0 Å². The summed E-state index contributed by atoms with van der Waals surface area (Å²) in [7, 11) is 0. The van der Waals surface area contributed by atoms with E-state index in [0.29, 0.717) is 19.4 Å². The molecule has 1 atom stereocenters. The molecule has 1 saturated heterocycles. The molecule has 1 aromatic carbocycles. The van der Waals surface area contributed by atoms with Crippen molar-refractivity contribution in [2.75, 3.05) is 11.5 Å². The first-order valence-electron chi connectivity index (χ1n) is 7.34. The van der Waals surface area contributed by atoms with Gasteiger partial charge >= 0.3 is 12.3 Å². The van der Waals surface area contributed by atoms with E-state index in [9.17, 15) is 23.1 Å². The fraction of sp³-hybridized carbons (Fsp3) is 0.333.